The Morgan fingerprint density at radius 3 is 2.87 bits per heavy atom. The molecule has 0 saturated heterocycles. The topological polar surface area (TPSA) is 37.8 Å². The first kappa shape index (κ1) is 14.6. The minimum absolute atomic E-state index is 0.229. The summed E-state index contributed by atoms with van der Waals surface area (Å²) in [5.41, 5.74) is 2.75. The van der Waals surface area contributed by atoms with Crippen molar-refractivity contribution in [2.45, 2.75) is 39.2 Å². The first-order valence-corrected chi connectivity index (χ1v) is 9.10. The van der Waals surface area contributed by atoms with Crippen molar-refractivity contribution in [3.63, 3.8) is 0 Å². The van der Waals surface area contributed by atoms with Crippen molar-refractivity contribution in [3.05, 3.63) is 52.7 Å². The van der Waals surface area contributed by atoms with Crippen LogP contribution in [0.1, 0.15) is 42.3 Å². The second-order valence-electron chi connectivity index (χ2n) is 6.53. The van der Waals surface area contributed by atoms with E-state index in [1.165, 1.54) is 34.2 Å². The van der Waals surface area contributed by atoms with Gasteiger partial charge in [0.25, 0.3) is 0 Å². The van der Waals surface area contributed by atoms with Gasteiger partial charge in [-0.2, -0.15) is 0 Å². The van der Waals surface area contributed by atoms with Crippen LogP contribution in [0.15, 0.2) is 36.7 Å². The van der Waals surface area contributed by atoms with Gasteiger partial charge in [0.2, 0.25) is 0 Å². The van der Waals surface area contributed by atoms with Crippen LogP contribution < -0.4 is 5.32 Å². The molecule has 0 bridgehead atoms. The van der Waals surface area contributed by atoms with Gasteiger partial charge in [-0.1, -0.05) is 37.3 Å². The van der Waals surface area contributed by atoms with Crippen LogP contribution in [-0.2, 0) is 12.8 Å². The lowest BCUT2D eigenvalue weighted by molar-refractivity contribution is 0.509. The zero-order valence-electron chi connectivity index (χ0n) is 13.5. The van der Waals surface area contributed by atoms with Crippen LogP contribution in [0.25, 0.3) is 10.2 Å². The third kappa shape index (κ3) is 2.72. The molecule has 1 N–H and O–H groups in total. The fourth-order valence-corrected chi connectivity index (χ4v) is 4.77. The maximum atomic E-state index is 4.56. The highest BCUT2D eigenvalue weighted by molar-refractivity contribution is 7.19. The molecular weight excluding hydrogens is 302 g/mol. The third-order valence-corrected chi connectivity index (χ3v) is 5.91. The highest BCUT2D eigenvalue weighted by Gasteiger charge is 2.23. The number of rotatable bonds is 3. The van der Waals surface area contributed by atoms with E-state index < -0.39 is 0 Å². The number of benzene rings is 1. The molecule has 2 aromatic heterocycles. The molecule has 1 aliphatic carbocycles. The van der Waals surface area contributed by atoms with E-state index in [1.54, 1.807) is 6.33 Å². The maximum Gasteiger partial charge on any atom is 0.138 e. The molecule has 2 atom stereocenters. The summed E-state index contributed by atoms with van der Waals surface area (Å²) in [5, 5.41) is 4.86. The summed E-state index contributed by atoms with van der Waals surface area (Å²) < 4.78 is 0. The number of aromatic nitrogens is 2. The average Bonchev–Trinajstić information content (AvgIpc) is 2.94. The summed E-state index contributed by atoms with van der Waals surface area (Å²) in [6.45, 7) is 4.53. The fourth-order valence-electron chi connectivity index (χ4n) is 3.41. The zero-order chi connectivity index (χ0) is 15.8. The summed E-state index contributed by atoms with van der Waals surface area (Å²) >= 11 is 1.85. The van der Waals surface area contributed by atoms with Crippen LogP contribution in [0.5, 0.6) is 0 Å². The number of fused-ring (bicyclic) bond motifs is 3. The lowest BCUT2D eigenvalue weighted by Gasteiger charge is -2.19. The number of hydrogen-bond donors (Lipinski definition) is 1. The van der Waals surface area contributed by atoms with Crippen molar-refractivity contribution in [2.24, 2.45) is 5.92 Å². The van der Waals surface area contributed by atoms with Gasteiger partial charge in [0, 0.05) is 10.9 Å². The maximum absolute atomic E-state index is 4.56. The lowest BCUT2D eigenvalue weighted by atomic mass is 9.89. The molecule has 0 fully saturated rings. The van der Waals surface area contributed by atoms with E-state index in [-0.39, 0.29) is 6.04 Å². The van der Waals surface area contributed by atoms with Gasteiger partial charge in [0.1, 0.15) is 17.0 Å². The van der Waals surface area contributed by atoms with E-state index in [0.717, 1.165) is 23.0 Å². The Morgan fingerprint density at radius 1 is 1.22 bits per heavy atom. The van der Waals surface area contributed by atoms with Gasteiger partial charge in [0.05, 0.1) is 5.39 Å². The Hall–Kier alpha value is -1.94. The Bertz CT molecular complexity index is 825. The number of aryl methyl sites for hydroxylation is 1. The van der Waals surface area contributed by atoms with Gasteiger partial charge in [-0.3, -0.25) is 0 Å². The molecule has 2 unspecified atom stereocenters. The average molecular weight is 323 g/mol. The highest BCUT2D eigenvalue weighted by Crippen LogP contribution is 2.40. The molecule has 0 radical (unpaired) electrons. The molecule has 1 aromatic carbocycles. The van der Waals surface area contributed by atoms with Gasteiger partial charge in [0.15, 0.2) is 0 Å². The van der Waals surface area contributed by atoms with Crippen molar-refractivity contribution in [2.75, 3.05) is 5.32 Å². The number of anilines is 1. The standard InChI is InChI=1S/C19H21N3S/c1-12-8-9-15-16(10-12)23-19-17(15)18(20-11-21-19)22-13(2)14-6-4-3-5-7-14/h3-7,11-13H,8-10H2,1-2H3,(H,20,21,22). The van der Waals surface area contributed by atoms with Gasteiger partial charge >= 0.3 is 0 Å². The molecule has 2 heterocycles. The predicted molar refractivity (Wildman–Crippen MR) is 97.1 cm³/mol. The Morgan fingerprint density at radius 2 is 2.04 bits per heavy atom. The summed E-state index contributed by atoms with van der Waals surface area (Å²) in [6.07, 6.45) is 5.29. The summed E-state index contributed by atoms with van der Waals surface area (Å²) in [7, 11) is 0. The summed E-state index contributed by atoms with van der Waals surface area (Å²) in [5.74, 6) is 1.77. The van der Waals surface area contributed by atoms with Gasteiger partial charge < -0.3 is 5.32 Å². The van der Waals surface area contributed by atoms with E-state index in [4.69, 9.17) is 0 Å². The van der Waals surface area contributed by atoms with Crippen molar-refractivity contribution in [1.29, 1.82) is 0 Å². The van der Waals surface area contributed by atoms with Crippen LogP contribution in [0.3, 0.4) is 0 Å². The van der Waals surface area contributed by atoms with Gasteiger partial charge in [-0.15, -0.1) is 11.3 Å². The van der Waals surface area contributed by atoms with Crippen LogP contribution in [0.2, 0.25) is 0 Å². The minimum atomic E-state index is 0.229. The Kier molecular flexibility index (Phi) is 3.77. The Balaban J connectivity index is 1.73. The monoisotopic (exact) mass is 323 g/mol. The molecule has 0 aliphatic heterocycles. The van der Waals surface area contributed by atoms with Crippen LogP contribution in [-0.4, -0.2) is 9.97 Å². The predicted octanol–water partition coefficient (Wildman–Crippen LogP) is 4.99. The quantitative estimate of drug-likeness (QED) is 0.738. The molecule has 4 rings (SSSR count). The minimum Gasteiger partial charge on any atom is -0.363 e. The number of nitrogens with zero attached hydrogens (tertiary/aromatic N) is 2. The van der Waals surface area contributed by atoms with Gasteiger partial charge in [-0.25, -0.2) is 9.97 Å². The van der Waals surface area contributed by atoms with E-state index >= 15 is 0 Å². The fraction of sp³-hybridized carbons (Fsp3) is 0.368. The first-order valence-electron chi connectivity index (χ1n) is 8.29. The van der Waals surface area contributed by atoms with Crippen molar-refractivity contribution < 1.29 is 0 Å². The smallest absolute Gasteiger partial charge is 0.138 e. The molecule has 0 spiro atoms. The van der Waals surface area contributed by atoms with Crippen LogP contribution in [0, 0.1) is 5.92 Å². The molecule has 118 valence electrons. The normalized spacial score (nSPS) is 18.6. The number of thiophene rings is 1. The summed E-state index contributed by atoms with van der Waals surface area (Å²) in [4.78, 5) is 11.7. The third-order valence-electron chi connectivity index (χ3n) is 4.74. The van der Waals surface area contributed by atoms with Crippen molar-refractivity contribution >= 4 is 27.4 Å². The molecule has 1 aliphatic rings. The summed E-state index contributed by atoms with van der Waals surface area (Å²) in [6, 6.07) is 10.7. The van der Waals surface area contributed by atoms with Crippen LogP contribution >= 0.6 is 11.3 Å². The molecule has 3 nitrogen and oxygen atoms in total. The largest absolute Gasteiger partial charge is 0.363 e. The van der Waals surface area contributed by atoms with Gasteiger partial charge in [-0.05, 0) is 43.2 Å². The first-order chi connectivity index (χ1) is 11.2. The zero-order valence-corrected chi connectivity index (χ0v) is 14.4. The van der Waals surface area contributed by atoms with Crippen molar-refractivity contribution in [3.8, 4) is 0 Å². The Labute approximate surface area is 140 Å². The number of hydrogen-bond acceptors (Lipinski definition) is 4. The SMILES string of the molecule is CC1CCc2c(sc3ncnc(NC(C)c4ccccc4)c23)C1. The second-order valence-corrected chi connectivity index (χ2v) is 7.61. The molecule has 4 heteroatoms. The van der Waals surface area contributed by atoms with E-state index in [1.807, 2.05) is 11.3 Å². The van der Waals surface area contributed by atoms with Crippen molar-refractivity contribution in [1.82, 2.24) is 9.97 Å². The molecule has 0 amide bonds. The lowest BCUT2D eigenvalue weighted by Crippen LogP contribution is -2.11. The highest BCUT2D eigenvalue weighted by atomic mass is 32.1. The number of nitrogens with one attached hydrogen (secondary N) is 1. The second kappa shape index (κ2) is 5.93. The van der Waals surface area contributed by atoms with E-state index in [0.29, 0.717) is 0 Å². The van der Waals surface area contributed by atoms with Crippen LogP contribution in [0.4, 0.5) is 5.82 Å². The molecular formula is C19H21N3S. The molecule has 0 saturated carbocycles. The molecule has 3 aromatic rings. The van der Waals surface area contributed by atoms with E-state index in [2.05, 4.69) is 59.5 Å². The van der Waals surface area contributed by atoms with E-state index in [9.17, 15) is 0 Å². The molecule has 23 heavy (non-hydrogen) atoms.